The summed E-state index contributed by atoms with van der Waals surface area (Å²) in [5, 5.41) is 1.52. The number of hydrazine groups is 1. The fraction of sp³-hybridized carbons (Fsp3) is 0.500. The summed E-state index contributed by atoms with van der Waals surface area (Å²) in [6.07, 6.45) is 6.63. The molecule has 1 aliphatic carbocycles. The van der Waals surface area contributed by atoms with E-state index in [9.17, 15) is 4.39 Å². The van der Waals surface area contributed by atoms with Crippen molar-refractivity contribution < 1.29 is 8.81 Å². The molecular formula is C16H21FN2OS. The Kier molecular flexibility index (Phi) is 4.83. The zero-order chi connectivity index (χ0) is 14.7. The minimum absolute atomic E-state index is 0.0348. The topological polar surface area (TPSA) is 51.2 Å². The molecule has 1 atom stereocenters. The molecule has 0 radical (unpaired) electrons. The lowest BCUT2D eigenvalue weighted by molar-refractivity contribution is 0.461. The normalized spacial score (nSPS) is 18.2. The van der Waals surface area contributed by atoms with Crippen LogP contribution in [0.1, 0.15) is 43.9 Å². The van der Waals surface area contributed by atoms with E-state index in [4.69, 9.17) is 10.3 Å². The summed E-state index contributed by atoms with van der Waals surface area (Å²) >= 11 is 1.96. The van der Waals surface area contributed by atoms with E-state index in [-0.39, 0.29) is 11.9 Å². The minimum atomic E-state index is -0.247. The Morgan fingerprint density at radius 2 is 2.10 bits per heavy atom. The first-order valence-corrected chi connectivity index (χ1v) is 8.58. The zero-order valence-electron chi connectivity index (χ0n) is 12.0. The molecule has 1 aliphatic rings. The molecule has 0 saturated heterocycles. The summed E-state index contributed by atoms with van der Waals surface area (Å²) in [5.41, 5.74) is 3.53. The van der Waals surface area contributed by atoms with Gasteiger partial charge >= 0.3 is 0 Å². The van der Waals surface area contributed by atoms with Crippen molar-refractivity contribution in [2.24, 2.45) is 5.84 Å². The monoisotopic (exact) mass is 308 g/mol. The van der Waals surface area contributed by atoms with Gasteiger partial charge in [0.05, 0.1) is 6.04 Å². The first-order chi connectivity index (χ1) is 10.3. The summed E-state index contributed by atoms with van der Waals surface area (Å²) in [6, 6.07) is 6.41. The maximum absolute atomic E-state index is 13.2. The number of benzene rings is 1. The highest BCUT2D eigenvalue weighted by atomic mass is 32.2. The predicted molar refractivity (Wildman–Crippen MR) is 85.6 cm³/mol. The van der Waals surface area contributed by atoms with E-state index in [0.29, 0.717) is 5.58 Å². The molecule has 0 aliphatic heterocycles. The van der Waals surface area contributed by atoms with Gasteiger partial charge in [-0.1, -0.05) is 19.3 Å². The van der Waals surface area contributed by atoms with Gasteiger partial charge in [0.2, 0.25) is 0 Å². The van der Waals surface area contributed by atoms with Gasteiger partial charge in [-0.25, -0.2) is 9.82 Å². The van der Waals surface area contributed by atoms with Gasteiger partial charge in [0, 0.05) is 16.4 Å². The second kappa shape index (κ2) is 6.81. The van der Waals surface area contributed by atoms with Crippen molar-refractivity contribution in [3.63, 3.8) is 0 Å². The molecule has 3 nitrogen and oxygen atoms in total. The van der Waals surface area contributed by atoms with Crippen LogP contribution in [0.25, 0.3) is 11.0 Å². The SMILES string of the molecule is NNC(CSC1CCCCC1)c1cc2cc(F)ccc2o1. The van der Waals surface area contributed by atoms with Crippen molar-refractivity contribution in [2.45, 2.75) is 43.4 Å². The average molecular weight is 308 g/mol. The molecule has 1 aromatic carbocycles. The van der Waals surface area contributed by atoms with Gasteiger partial charge in [-0.05, 0) is 37.1 Å². The van der Waals surface area contributed by atoms with Crippen molar-refractivity contribution in [3.8, 4) is 0 Å². The van der Waals surface area contributed by atoms with Crippen molar-refractivity contribution >= 4 is 22.7 Å². The van der Waals surface area contributed by atoms with E-state index >= 15 is 0 Å². The lowest BCUT2D eigenvalue weighted by atomic mass is 10.0. The maximum Gasteiger partial charge on any atom is 0.134 e. The molecule has 0 bridgehead atoms. The summed E-state index contributed by atoms with van der Waals surface area (Å²) < 4.78 is 19.0. The summed E-state index contributed by atoms with van der Waals surface area (Å²) in [7, 11) is 0. The van der Waals surface area contributed by atoms with Gasteiger partial charge in [0.25, 0.3) is 0 Å². The van der Waals surface area contributed by atoms with E-state index in [2.05, 4.69) is 5.43 Å². The third-order valence-corrected chi connectivity index (χ3v) is 5.56. The fourth-order valence-corrected chi connectivity index (χ4v) is 4.27. The van der Waals surface area contributed by atoms with Crippen LogP contribution < -0.4 is 11.3 Å². The van der Waals surface area contributed by atoms with E-state index < -0.39 is 0 Å². The van der Waals surface area contributed by atoms with Crippen molar-refractivity contribution in [3.05, 3.63) is 35.8 Å². The maximum atomic E-state index is 13.2. The number of fused-ring (bicyclic) bond motifs is 1. The number of furan rings is 1. The number of nitrogens with two attached hydrogens (primary N) is 1. The largest absolute Gasteiger partial charge is 0.459 e. The van der Waals surface area contributed by atoms with E-state index in [0.717, 1.165) is 22.1 Å². The minimum Gasteiger partial charge on any atom is -0.459 e. The van der Waals surface area contributed by atoms with Crippen molar-refractivity contribution in [1.82, 2.24) is 5.43 Å². The third-order valence-electron chi connectivity index (χ3n) is 4.09. The van der Waals surface area contributed by atoms with E-state index in [1.165, 1.54) is 44.2 Å². The molecule has 5 heteroatoms. The number of thioether (sulfide) groups is 1. The molecule has 1 unspecified atom stereocenters. The van der Waals surface area contributed by atoms with Crippen LogP contribution >= 0.6 is 11.8 Å². The lowest BCUT2D eigenvalue weighted by Gasteiger charge is -2.23. The Morgan fingerprint density at radius 1 is 1.29 bits per heavy atom. The summed E-state index contributed by atoms with van der Waals surface area (Å²) in [4.78, 5) is 0. The predicted octanol–water partition coefficient (Wildman–Crippen LogP) is 4.14. The van der Waals surface area contributed by atoms with E-state index in [1.807, 2.05) is 17.8 Å². The number of nitrogens with one attached hydrogen (secondary N) is 1. The molecule has 1 aromatic heterocycles. The van der Waals surface area contributed by atoms with Gasteiger partial charge in [0.1, 0.15) is 17.2 Å². The molecular weight excluding hydrogens is 287 g/mol. The molecule has 114 valence electrons. The zero-order valence-corrected chi connectivity index (χ0v) is 12.8. The molecule has 21 heavy (non-hydrogen) atoms. The highest BCUT2D eigenvalue weighted by molar-refractivity contribution is 7.99. The number of hydrogen-bond acceptors (Lipinski definition) is 4. The summed E-state index contributed by atoms with van der Waals surface area (Å²) in [5.74, 6) is 7.09. The number of halogens is 1. The molecule has 1 heterocycles. The van der Waals surface area contributed by atoms with Gasteiger partial charge in [0.15, 0.2) is 0 Å². The van der Waals surface area contributed by atoms with Gasteiger partial charge < -0.3 is 4.42 Å². The van der Waals surface area contributed by atoms with Crippen LogP contribution in [-0.4, -0.2) is 11.0 Å². The van der Waals surface area contributed by atoms with Gasteiger partial charge in [-0.3, -0.25) is 5.84 Å². The quantitative estimate of drug-likeness (QED) is 0.644. The molecule has 1 saturated carbocycles. The van der Waals surface area contributed by atoms with Crippen LogP contribution in [0.15, 0.2) is 28.7 Å². The van der Waals surface area contributed by atoms with Crippen LogP contribution in [-0.2, 0) is 0 Å². The van der Waals surface area contributed by atoms with E-state index in [1.54, 1.807) is 6.07 Å². The first kappa shape index (κ1) is 14.9. The Labute approximate surface area is 128 Å². The van der Waals surface area contributed by atoms with Crippen LogP contribution in [0.4, 0.5) is 4.39 Å². The van der Waals surface area contributed by atoms with Crippen LogP contribution in [0.5, 0.6) is 0 Å². The van der Waals surface area contributed by atoms with Crippen LogP contribution in [0, 0.1) is 5.82 Å². The van der Waals surface area contributed by atoms with Crippen molar-refractivity contribution in [1.29, 1.82) is 0 Å². The lowest BCUT2D eigenvalue weighted by Crippen LogP contribution is -2.30. The Balaban J connectivity index is 1.68. The molecule has 3 N–H and O–H groups in total. The van der Waals surface area contributed by atoms with Crippen molar-refractivity contribution in [2.75, 3.05) is 5.75 Å². The number of hydrogen-bond donors (Lipinski definition) is 2. The molecule has 0 spiro atoms. The molecule has 2 aromatic rings. The second-order valence-corrected chi connectivity index (χ2v) is 6.98. The standard InChI is InChI=1S/C16H21FN2OS/c17-12-6-7-15-11(8-12)9-16(20-15)14(19-18)10-21-13-4-2-1-3-5-13/h6-9,13-14,19H,1-5,10,18H2. The summed E-state index contributed by atoms with van der Waals surface area (Å²) in [6.45, 7) is 0. The molecule has 3 rings (SSSR count). The average Bonchev–Trinajstić information content (AvgIpc) is 2.92. The van der Waals surface area contributed by atoms with Crippen LogP contribution in [0.2, 0.25) is 0 Å². The Bertz CT molecular complexity index is 595. The van der Waals surface area contributed by atoms with Gasteiger partial charge in [-0.15, -0.1) is 0 Å². The number of rotatable bonds is 5. The molecule has 1 fully saturated rings. The third kappa shape index (κ3) is 3.59. The van der Waals surface area contributed by atoms with Crippen LogP contribution in [0.3, 0.4) is 0 Å². The molecule has 0 amide bonds. The smallest absolute Gasteiger partial charge is 0.134 e. The highest BCUT2D eigenvalue weighted by Crippen LogP contribution is 2.32. The van der Waals surface area contributed by atoms with Gasteiger partial charge in [-0.2, -0.15) is 11.8 Å². The Hall–Kier alpha value is -1.04. The fourth-order valence-electron chi connectivity index (χ4n) is 2.88. The second-order valence-electron chi connectivity index (χ2n) is 5.64. The highest BCUT2D eigenvalue weighted by Gasteiger charge is 2.19. The first-order valence-electron chi connectivity index (χ1n) is 7.53. The Morgan fingerprint density at radius 3 is 2.86 bits per heavy atom.